The Hall–Kier alpha value is -2.53. The summed E-state index contributed by atoms with van der Waals surface area (Å²) in [5.74, 6) is 0.899. The topological polar surface area (TPSA) is 62.4 Å². The van der Waals surface area contributed by atoms with Gasteiger partial charge in [-0.1, -0.05) is 24.3 Å². The van der Waals surface area contributed by atoms with E-state index in [9.17, 15) is 4.79 Å². The summed E-state index contributed by atoms with van der Waals surface area (Å²) in [7, 11) is 0. The van der Waals surface area contributed by atoms with Gasteiger partial charge in [0.25, 0.3) is 0 Å². The monoisotopic (exact) mass is 341 g/mol. The first-order chi connectivity index (χ1) is 12.1. The molecule has 5 nitrogen and oxygen atoms in total. The first-order valence-corrected chi connectivity index (χ1v) is 8.65. The number of hydrogen-bond donors (Lipinski definition) is 3. The molecule has 0 saturated heterocycles. The third-order valence-electron chi connectivity index (χ3n) is 3.52. The molecule has 2 aromatic carbocycles. The van der Waals surface area contributed by atoms with Crippen LogP contribution in [0.15, 0.2) is 48.5 Å². The summed E-state index contributed by atoms with van der Waals surface area (Å²) in [5, 5.41) is 9.03. The van der Waals surface area contributed by atoms with E-state index in [1.54, 1.807) is 0 Å². The van der Waals surface area contributed by atoms with Crippen LogP contribution in [0.4, 0.5) is 10.5 Å². The van der Waals surface area contributed by atoms with Crippen molar-refractivity contribution in [1.29, 1.82) is 0 Å². The van der Waals surface area contributed by atoms with Crippen molar-refractivity contribution >= 4 is 11.7 Å². The van der Waals surface area contributed by atoms with Crippen molar-refractivity contribution in [2.45, 2.75) is 39.9 Å². The van der Waals surface area contributed by atoms with E-state index in [0.717, 1.165) is 24.5 Å². The smallest absolute Gasteiger partial charge is 0.319 e. The first-order valence-electron chi connectivity index (χ1n) is 8.65. The van der Waals surface area contributed by atoms with Gasteiger partial charge >= 0.3 is 6.03 Å². The van der Waals surface area contributed by atoms with Crippen molar-refractivity contribution in [2.75, 3.05) is 11.9 Å². The quantitative estimate of drug-likeness (QED) is 0.682. The van der Waals surface area contributed by atoms with E-state index in [2.05, 4.69) is 28.1 Å². The highest BCUT2D eigenvalue weighted by Crippen LogP contribution is 2.13. The van der Waals surface area contributed by atoms with E-state index >= 15 is 0 Å². The molecule has 2 aromatic rings. The summed E-state index contributed by atoms with van der Waals surface area (Å²) in [6, 6.07) is 15.9. The van der Waals surface area contributed by atoms with Gasteiger partial charge in [0, 0.05) is 24.8 Å². The Balaban J connectivity index is 1.76. The van der Waals surface area contributed by atoms with Crippen LogP contribution in [0.1, 0.15) is 31.9 Å². The lowest BCUT2D eigenvalue weighted by Crippen LogP contribution is -2.34. The Labute approximate surface area is 149 Å². The number of hydrogen-bond acceptors (Lipinski definition) is 3. The zero-order valence-corrected chi connectivity index (χ0v) is 15.1. The molecule has 0 bridgehead atoms. The number of carbonyl (C=O) groups is 1. The van der Waals surface area contributed by atoms with Crippen LogP contribution >= 0.6 is 0 Å². The number of carbonyl (C=O) groups excluding carboxylic acids is 1. The molecule has 134 valence electrons. The molecule has 0 atom stereocenters. The SMILES string of the molecule is CCOc1ccc(CNCc2ccc(NC(=O)NC(C)C)cc2)cc1. The molecule has 2 amide bonds. The Morgan fingerprint density at radius 3 is 2.04 bits per heavy atom. The second-order valence-corrected chi connectivity index (χ2v) is 6.13. The van der Waals surface area contributed by atoms with E-state index in [4.69, 9.17) is 4.74 Å². The van der Waals surface area contributed by atoms with Gasteiger partial charge in [-0.3, -0.25) is 0 Å². The number of rotatable bonds is 8. The van der Waals surface area contributed by atoms with Crippen molar-refractivity contribution in [3.63, 3.8) is 0 Å². The van der Waals surface area contributed by atoms with Gasteiger partial charge in [-0.15, -0.1) is 0 Å². The summed E-state index contributed by atoms with van der Waals surface area (Å²) in [4.78, 5) is 11.7. The van der Waals surface area contributed by atoms with Crippen LogP contribution < -0.4 is 20.7 Å². The molecule has 25 heavy (non-hydrogen) atoms. The molecule has 0 fully saturated rings. The second kappa shape index (κ2) is 9.69. The highest BCUT2D eigenvalue weighted by molar-refractivity contribution is 5.89. The van der Waals surface area contributed by atoms with Crippen LogP contribution in [0.5, 0.6) is 5.75 Å². The molecule has 0 aliphatic rings. The third-order valence-corrected chi connectivity index (χ3v) is 3.52. The number of ether oxygens (including phenoxy) is 1. The van der Waals surface area contributed by atoms with Gasteiger partial charge in [-0.25, -0.2) is 4.79 Å². The summed E-state index contributed by atoms with van der Waals surface area (Å²) in [5.41, 5.74) is 3.17. The van der Waals surface area contributed by atoms with Crippen LogP contribution in [0.25, 0.3) is 0 Å². The maximum absolute atomic E-state index is 11.7. The fourth-order valence-electron chi connectivity index (χ4n) is 2.36. The maximum Gasteiger partial charge on any atom is 0.319 e. The van der Waals surface area contributed by atoms with Gasteiger partial charge < -0.3 is 20.7 Å². The minimum absolute atomic E-state index is 0.117. The molecule has 0 aliphatic carbocycles. The standard InChI is InChI=1S/C20H27N3O2/c1-4-25-19-11-7-17(8-12-19)14-21-13-16-5-9-18(10-6-16)23-20(24)22-15(2)3/h5-12,15,21H,4,13-14H2,1-3H3,(H2,22,23,24). The number of anilines is 1. The number of nitrogens with one attached hydrogen (secondary N) is 3. The van der Waals surface area contributed by atoms with Gasteiger partial charge in [0.15, 0.2) is 0 Å². The number of urea groups is 1. The minimum Gasteiger partial charge on any atom is -0.494 e. The lowest BCUT2D eigenvalue weighted by atomic mass is 10.2. The van der Waals surface area contributed by atoms with Gasteiger partial charge in [-0.05, 0) is 56.2 Å². The van der Waals surface area contributed by atoms with Crippen LogP contribution in [0, 0.1) is 0 Å². The van der Waals surface area contributed by atoms with E-state index in [1.165, 1.54) is 11.1 Å². The van der Waals surface area contributed by atoms with E-state index in [0.29, 0.717) is 6.61 Å². The molecule has 0 aliphatic heterocycles. The van der Waals surface area contributed by atoms with Crippen LogP contribution in [-0.4, -0.2) is 18.7 Å². The summed E-state index contributed by atoms with van der Waals surface area (Å²) >= 11 is 0. The highest BCUT2D eigenvalue weighted by Gasteiger charge is 2.03. The van der Waals surface area contributed by atoms with Crippen LogP contribution in [0.3, 0.4) is 0 Å². The zero-order valence-electron chi connectivity index (χ0n) is 15.1. The molecule has 5 heteroatoms. The molecule has 0 spiro atoms. The van der Waals surface area contributed by atoms with Crippen molar-refractivity contribution in [1.82, 2.24) is 10.6 Å². The largest absolute Gasteiger partial charge is 0.494 e. The van der Waals surface area contributed by atoms with Gasteiger partial charge in [-0.2, -0.15) is 0 Å². The van der Waals surface area contributed by atoms with Crippen LogP contribution in [0.2, 0.25) is 0 Å². The van der Waals surface area contributed by atoms with Crippen molar-refractivity contribution < 1.29 is 9.53 Å². The second-order valence-electron chi connectivity index (χ2n) is 6.13. The highest BCUT2D eigenvalue weighted by atomic mass is 16.5. The lowest BCUT2D eigenvalue weighted by molar-refractivity contribution is 0.250. The minimum atomic E-state index is -0.184. The van der Waals surface area contributed by atoms with Crippen molar-refractivity contribution in [3.8, 4) is 5.75 Å². The van der Waals surface area contributed by atoms with Gasteiger partial charge in [0.05, 0.1) is 6.61 Å². The Morgan fingerprint density at radius 1 is 0.960 bits per heavy atom. The molecule has 2 rings (SSSR count). The molecule has 0 heterocycles. The predicted molar refractivity (Wildman–Crippen MR) is 102 cm³/mol. The fourth-order valence-corrected chi connectivity index (χ4v) is 2.36. The van der Waals surface area contributed by atoms with Crippen molar-refractivity contribution in [2.24, 2.45) is 0 Å². The van der Waals surface area contributed by atoms with E-state index in [-0.39, 0.29) is 12.1 Å². The van der Waals surface area contributed by atoms with Gasteiger partial charge in [0.1, 0.15) is 5.75 Å². The molecule has 0 aromatic heterocycles. The average Bonchev–Trinajstić information content (AvgIpc) is 2.57. The molecular weight excluding hydrogens is 314 g/mol. The zero-order chi connectivity index (χ0) is 18.1. The van der Waals surface area contributed by atoms with E-state index < -0.39 is 0 Å². The summed E-state index contributed by atoms with van der Waals surface area (Å²) in [6.07, 6.45) is 0. The summed E-state index contributed by atoms with van der Waals surface area (Å²) < 4.78 is 5.44. The molecular formula is C20H27N3O2. The third kappa shape index (κ3) is 6.85. The Morgan fingerprint density at radius 2 is 1.52 bits per heavy atom. The normalized spacial score (nSPS) is 10.6. The molecule has 0 saturated carbocycles. The van der Waals surface area contributed by atoms with Crippen LogP contribution in [-0.2, 0) is 13.1 Å². The molecule has 0 radical (unpaired) electrons. The van der Waals surface area contributed by atoms with E-state index in [1.807, 2.05) is 57.2 Å². The number of amides is 2. The summed E-state index contributed by atoms with van der Waals surface area (Å²) in [6.45, 7) is 8.08. The Bertz CT molecular complexity index is 652. The van der Waals surface area contributed by atoms with Gasteiger partial charge in [0.2, 0.25) is 0 Å². The van der Waals surface area contributed by atoms with Crippen molar-refractivity contribution in [3.05, 3.63) is 59.7 Å². The molecule has 3 N–H and O–H groups in total. The maximum atomic E-state index is 11.7. The molecule has 0 unspecified atom stereocenters. The Kier molecular flexibility index (Phi) is 7.29. The predicted octanol–water partition coefficient (Wildman–Crippen LogP) is 3.91. The first kappa shape index (κ1) is 18.8. The fraction of sp³-hybridized carbons (Fsp3) is 0.350. The number of benzene rings is 2. The average molecular weight is 341 g/mol. The lowest BCUT2D eigenvalue weighted by Gasteiger charge is -2.11.